The van der Waals surface area contributed by atoms with Gasteiger partial charge in [-0.1, -0.05) is 43.0 Å². The Hall–Kier alpha value is -2.89. The third-order valence-electron chi connectivity index (χ3n) is 4.23. The first-order chi connectivity index (χ1) is 12.8. The van der Waals surface area contributed by atoms with Crippen LogP contribution in [0, 0.1) is 0 Å². The Balaban J connectivity index is 1.82. The fraction of sp³-hybridized carbons (Fsp3) is 0.381. The summed E-state index contributed by atoms with van der Waals surface area (Å²) in [4.78, 5) is 35.6. The molecule has 0 amide bonds. The standard InChI is InChI=1S/C21H24O6/c1-15(19(23)26-14-17-7-5-4-6-8-17)9-10-16(2)20(24)27-21(3)11-12-25-18(22)13-21/h4-8,10H,1,9,11-14H2,2-3H3. The second-order valence-corrected chi connectivity index (χ2v) is 6.74. The van der Waals surface area contributed by atoms with Crippen molar-refractivity contribution in [1.82, 2.24) is 0 Å². The van der Waals surface area contributed by atoms with Gasteiger partial charge in [0.05, 0.1) is 13.0 Å². The Kier molecular flexibility index (Phi) is 6.93. The van der Waals surface area contributed by atoms with E-state index in [-0.39, 0.29) is 37.6 Å². The minimum absolute atomic E-state index is 0.0323. The van der Waals surface area contributed by atoms with Gasteiger partial charge in [0, 0.05) is 17.6 Å². The molecule has 1 aromatic carbocycles. The molecule has 1 aliphatic rings. The number of rotatable bonds is 7. The zero-order valence-corrected chi connectivity index (χ0v) is 15.7. The Morgan fingerprint density at radius 2 is 1.96 bits per heavy atom. The number of carbonyl (C=O) groups is 3. The third kappa shape index (κ3) is 6.40. The van der Waals surface area contributed by atoms with Gasteiger partial charge >= 0.3 is 17.9 Å². The Bertz CT molecular complexity index is 749. The molecule has 0 aromatic heterocycles. The molecule has 1 saturated heterocycles. The second kappa shape index (κ2) is 9.16. The number of hydrogen-bond acceptors (Lipinski definition) is 6. The number of cyclic esters (lactones) is 1. The lowest BCUT2D eigenvalue weighted by atomic mass is 9.96. The van der Waals surface area contributed by atoms with Gasteiger partial charge < -0.3 is 14.2 Å². The maximum absolute atomic E-state index is 12.2. The first kappa shape index (κ1) is 20.4. The van der Waals surface area contributed by atoms with Gasteiger partial charge in [0.2, 0.25) is 0 Å². The highest BCUT2D eigenvalue weighted by molar-refractivity contribution is 5.90. The SMILES string of the molecule is C=C(CC=C(C)C(=O)OC1(C)CCOC(=O)C1)C(=O)OCc1ccccc1. The topological polar surface area (TPSA) is 78.9 Å². The highest BCUT2D eigenvalue weighted by Crippen LogP contribution is 2.26. The number of hydrogen-bond donors (Lipinski definition) is 0. The van der Waals surface area contributed by atoms with Crippen LogP contribution in [-0.2, 0) is 35.2 Å². The summed E-state index contributed by atoms with van der Waals surface area (Å²) in [6.45, 7) is 7.40. The van der Waals surface area contributed by atoms with Crippen LogP contribution in [0.25, 0.3) is 0 Å². The largest absolute Gasteiger partial charge is 0.465 e. The lowest BCUT2D eigenvalue weighted by Gasteiger charge is -2.32. The van der Waals surface area contributed by atoms with Crippen molar-refractivity contribution in [2.75, 3.05) is 6.61 Å². The van der Waals surface area contributed by atoms with Crippen LogP contribution in [0.15, 0.2) is 54.1 Å². The van der Waals surface area contributed by atoms with Crippen molar-refractivity contribution < 1.29 is 28.6 Å². The van der Waals surface area contributed by atoms with Crippen LogP contribution >= 0.6 is 0 Å². The molecule has 0 aliphatic carbocycles. The van der Waals surface area contributed by atoms with E-state index in [1.54, 1.807) is 19.9 Å². The molecule has 1 aromatic rings. The molecule has 1 unspecified atom stereocenters. The van der Waals surface area contributed by atoms with Crippen LogP contribution in [0.2, 0.25) is 0 Å². The molecule has 0 radical (unpaired) electrons. The summed E-state index contributed by atoms with van der Waals surface area (Å²) in [5.74, 6) is -1.43. The van der Waals surface area contributed by atoms with Crippen molar-refractivity contribution in [3.8, 4) is 0 Å². The maximum Gasteiger partial charge on any atom is 0.334 e. The van der Waals surface area contributed by atoms with Crippen molar-refractivity contribution in [2.45, 2.75) is 45.3 Å². The van der Waals surface area contributed by atoms with E-state index in [1.165, 1.54) is 0 Å². The summed E-state index contributed by atoms with van der Waals surface area (Å²) in [5.41, 5.74) is 0.596. The zero-order chi connectivity index (χ0) is 19.9. The van der Waals surface area contributed by atoms with Crippen LogP contribution in [0.3, 0.4) is 0 Å². The van der Waals surface area contributed by atoms with E-state index in [9.17, 15) is 14.4 Å². The molecule has 6 nitrogen and oxygen atoms in total. The van der Waals surface area contributed by atoms with Crippen LogP contribution in [-0.4, -0.2) is 30.1 Å². The molecule has 0 bridgehead atoms. The van der Waals surface area contributed by atoms with E-state index in [4.69, 9.17) is 14.2 Å². The smallest absolute Gasteiger partial charge is 0.334 e. The molecule has 2 rings (SSSR count). The molecular weight excluding hydrogens is 348 g/mol. The van der Waals surface area contributed by atoms with Crippen molar-refractivity contribution in [1.29, 1.82) is 0 Å². The average molecular weight is 372 g/mol. The highest BCUT2D eigenvalue weighted by atomic mass is 16.6. The number of allylic oxidation sites excluding steroid dienone is 1. The summed E-state index contributed by atoms with van der Waals surface area (Å²) in [5, 5.41) is 0. The summed E-state index contributed by atoms with van der Waals surface area (Å²) in [6, 6.07) is 9.33. The van der Waals surface area contributed by atoms with Crippen molar-refractivity contribution in [2.24, 2.45) is 0 Å². The van der Waals surface area contributed by atoms with Gasteiger partial charge in [-0.05, 0) is 25.8 Å². The monoisotopic (exact) mass is 372 g/mol. The molecule has 0 N–H and O–H groups in total. The quantitative estimate of drug-likeness (QED) is 0.415. The summed E-state index contributed by atoms with van der Waals surface area (Å²) < 4.78 is 15.5. The summed E-state index contributed by atoms with van der Waals surface area (Å²) in [6.07, 6.45) is 2.23. The molecule has 1 atom stereocenters. The number of esters is 3. The molecule has 0 saturated carbocycles. The molecule has 1 aliphatic heterocycles. The minimum Gasteiger partial charge on any atom is -0.465 e. The second-order valence-electron chi connectivity index (χ2n) is 6.74. The number of benzene rings is 1. The maximum atomic E-state index is 12.2. The van der Waals surface area contributed by atoms with Crippen LogP contribution in [0.1, 0.15) is 38.7 Å². The van der Waals surface area contributed by atoms with E-state index in [0.29, 0.717) is 12.0 Å². The van der Waals surface area contributed by atoms with E-state index < -0.39 is 17.5 Å². The van der Waals surface area contributed by atoms with E-state index >= 15 is 0 Å². The normalized spacial score (nSPS) is 19.8. The van der Waals surface area contributed by atoms with Gasteiger partial charge in [0.1, 0.15) is 12.2 Å². The molecule has 27 heavy (non-hydrogen) atoms. The molecule has 6 heteroatoms. The molecule has 144 valence electrons. The fourth-order valence-electron chi connectivity index (χ4n) is 2.49. The van der Waals surface area contributed by atoms with Crippen LogP contribution in [0.5, 0.6) is 0 Å². The number of carbonyl (C=O) groups excluding carboxylic acids is 3. The van der Waals surface area contributed by atoms with Crippen LogP contribution in [0.4, 0.5) is 0 Å². The van der Waals surface area contributed by atoms with Crippen molar-refractivity contribution in [3.05, 3.63) is 59.7 Å². The molecule has 1 heterocycles. The Labute approximate surface area is 158 Å². The predicted octanol–water partition coefficient (Wildman–Crippen LogP) is 3.26. The van der Waals surface area contributed by atoms with Gasteiger partial charge in [0.25, 0.3) is 0 Å². The molecule has 1 fully saturated rings. The first-order valence-corrected chi connectivity index (χ1v) is 8.74. The first-order valence-electron chi connectivity index (χ1n) is 8.74. The minimum atomic E-state index is -0.868. The van der Waals surface area contributed by atoms with Gasteiger partial charge in [-0.3, -0.25) is 4.79 Å². The highest BCUT2D eigenvalue weighted by Gasteiger charge is 2.36. The van der Waals surface area contributed by atoms with E-state index in [1.807, 2.05) is 30.3 Å². The van der Waals surface area contributed by atoms with Gasteiger partial charge in [-0.25, -0.2) is 9.59 Å². The fourth-order valence-corrected chi connectivity index (χ4v) is 2.49. The zero-order valence-electron chi connectivity index (χ0n) is 15.7. The predicted molar refractivity (Wildman–Crippen MR) is 98.4 cm³/mol. The lowest BCUT2D eigenvalue weighted by molar-refractivity contribution is -0.172. The van der Waals surface area contributed by atoms with Gasteiger partial charge in [-0.15, -0.1) is 0 Å². The van der Waals surface area contributed by atoms with Crippen LogP contribution < -0.4 is 0 Å². The molecular formula is C21H24O6. The summed E-state index contributed by atoms with van der Waals surface area (Å²) >= 11 is 0. The lowest BCUT2D eigenvalue weighted by Crippen LogP contribution is -2.40. The van der Waals surface area contributed by atoms with Gasteiger partial charge in [-0.2, -0.15) is 0 Å². The van der Waals surface area contributed by atoms with Crippen molar-refractivity contribution in [3.63, 3.8) is 0 Å². The van der Waals surface area contributed by atoms with E-state index in [2.05, 4.69) is 6.58 Å². The van der Waals surface area contributed by atoms with Crippen molar-refractivity contribution >= 4 is 17.9 Å². The Morgan fingerprint density at radius 1 is 1.26 bits per heavy atom. The Morgan fingerprint density at radius 3 is 2.63 bits per heavy atom. The van der Waals surface area contributed by atoms with Gasteiger partial charge in [0.15, 0.2) is 0 Å². The third-order valence-corrected chi connectivity index (χ3v) is 4.23. The van der Waals surface area contributed by atoms with E-state index in [0.717, 1.165) is 5.56 Å². The summed E-state index contributed by atoms with van der Waals surface area (Å²) in [7, 11) is 0. The molecule has 0 spiro atoms. The number of ether oxygens (including phenoxy) is 3. The average Bonchev–Trinajstić information content (AvgIpc) is 2.64.